The van der Waals surface area contributed by atoms with Crippen LogP contribution >= 0.6 is 11.3 Å². The summed E-state index contributed by atoms with van der Waals surface area (Å²) in [7, 11) is 0. The molecule has 3 rings (SSSR count). The van der Waals surface area contributed by atoms with Crippen molar-refractivity contribution in [3.05, 3.63) is 69.1 Å². The fourth-order valence-corrected chi connectivity index (χ4v) is 4.56. The summed E-state index contributed by atoms with van der Waals surface area (Å²) in [6.07, 6.45) is -4.40. The second kappa shape index (κ2) is 9.41. The van der Waals surface area contributed by atoms with Gasteiger partial charge in [0.1, 0.15) is 22.1 Å². The predicted molar refractivity (Wildman–Crippen MR) is 128 cm³/mol. The van der Waals surface area contributed by atoms with Crippen LogP contribution in [0, 0.1) is 18.8 Å². The average molecular weight is 507 g/mol. The van der Waals surface area contributed by atoms with Crippen LogP contribution in [0.3, 0.4) is 0 Å². The van der Waals surface area contributed by atoms with Crippen molar-refractivity contribution in [2.45, 2.75) is 58.9 Å². The molecule has 0 atom stereocenters. The lowest BCUT2D eigenvalue weighted by Crippen LogP contribution is -2.37. The van der Waals surface area contributed by atoms with Crippen LogP contribution in [0.5, 0.6) is 11.5 Å². The lowest BCUT2D eigenvalue weighted by Gasteiger charge is -2.27. The van der Waals surface area contributed by atoms with E-state index in [1.807, 2.05) is 20.8 Å². The number of ether oxygens (including phenoxy) is 2. The molecule has 3 aromatic rings. The quantitative estimate of drug-likeness (QED) is 0.317. The van der Waals surface area contributed by atoms with E-state index in [9.17, 15) is 22.9 Å². The van der Waals surface area contributed by atoms with Gasteiger partial charge in [-0.3, -0.25) is 4.79 Å². The first kappa shape index (κ1) is 26.3. The molecule has 2 aromatic carbocycles. The zero-order chi connectivity index (χ0) is 26.2. The Hall–Kier alpha value is -3.27. The van der Waals surface area contributed by atoms with Gasteiger partial charge >= 0.3 is 12.1 Å². The second-order valence-electron chi connectivity index (χ2n) is 9.06. The Bertz CT molecular complexity index is 1250. The number of nitroso groups, excluding NO2 is 1. The fraction of sp³-hybridized carbons (Fsp3) is 0.360. The van der Waals surface area contributed by atoms with Crippen LogP contribution in [0.1, 0.15) is 49.4 Å². The number of amides is 1. The number of halogens is 3. The van der Waals surface area contributed by atoms with E-state index in [2.05, 4.69) is 10.2 Å². The van der Waals surface area contributed by atoms with Gasteiger partial charge in [-0.15, -0.1) is 16.2 Å². The monoisotopic (exact) mass is 506 g/mol. The molecular formula is C25H25F3N2O4S. The van der Waals surface area contributed by atoms with Gasteiger partial charge in [0.05, 0.1) is 16.1 Å². The van der Waals surface area contributed by atoms with E-state index in [0.717, 1.165) is 17.0 Å². The number of hydrogen-bond donors (Lipinski definition) is 0. The summed E-state index contributed by atoms with van der Waals surface area (Å²) in [6, 6.07) is 9.99. The molecule has 0 N–H and O–H groups in total. The molecule has 1 heterocycles. The van der Waals surface area contributed by atoms with E-state index >= 15 is 0 Å². The van der Waals surface area contributed by atoms with Gasteiger partial charge in [0.15, 0.2) is 5.60 Å². The first-order chi connectivity index (χ1) is 16.1. The van der Waals surface area contributed by atoms with Gasteiger partial charge in [0.2, 0.25) is 0 Å². The molecule has 186 valence electrons. The minimum Gasteiger partial charge on any atom is -0.482 e. The zero-order valence-corrected chi connectivity index (χ0v) is 20.9. The molecule has 0 aliphatic rings. The molecule has 1 aromatic heterocycles. The number of thiazole rings is 1. The second-order valence-corrected chi connectivity index (χ2v) is 10.1. The van der Waals surface area contributed by atoms with Crippen molar-refractivity contribution in [2.75, 3.05) is 0 Å². The molecule has 10 heteroatoms. The summed E-state index contributed by atoms with van der Waals surface area (Å²) in [5.74, 6) is 0.0416. The first-order valence-corrected chi connectivity index (χ1v) is 11.5. The third kappa shape index (κ3) is 5.87. The van der Waals surface area contributed by atoms with Crippen LogP contribution in [0.15, 0.2) is 47.6 Å². The summed E-state index contributed by atoms with van der Waals surface area (Å²) >= 11 is 1.35. The Labute approximate surface area is 205 Å². The summed E-state index contributed by atoms with van der Waals surface area (Å²) in [5.41, 5.74) is -0.909. The number of carbonyl (C=O) groups is 1. The van der Waals surface area contributed by atoms with E-state index < -0.39 is 28.8 Å². The molecule has 0 unspecified atom stereocenters. The number of benzene rings is 2. The highest BCUT2D eigenvalue weighted by atomic mass is 32.1. The Morgan fingerprint density at radius 2 is 1.60 bits per heavy atom. The van der Waals surface area contributed by atoms with Crippen molar-refractivity contribution in [2.24, 2.45) is 5.18 Å². The topological polar surface area (TPSA) is 77.8 Å². The van der Waals surface area contributed by atoms with Crippen LogP contribution in [0.25, 0.3) is 10.6 Å². The van der Waals surface area contributed by atoms with E-state index in [1.165, 1.54) is 37.3 Å². The van der Waals surface area contributed by atoms with E-state index in [4.69, 9.17) is 9.47 Å². The fourth-order valence-electron chi connectivity index (χ4n) is 3.45. The average Bonchev–Trinajstić information content (AvgIpc) is 3.17. The molecule has 0 aliphatic heterocycles. The lowest BCUT2D eigenvalue weighted by atomic mass is 10.1. The highest BCUT2D eigenvalue weighted by Crippen LogP contribution is 2.39. The Morgan fingerprint density at radius 3 is 2.14 bits per heavy atom. The van der Waals surface area contributed by atoms with Crippen molar-refractivity contribution in [3.63, 3.8) is 0 Å². The van der Waals surface area contributed by atoms with Crippen LogP contribution < -0.4 is 9.47 Å². The minimum atomic E-state index is -4.40. The number of alkyl halides is 3. The molecule has 0 saturated carbocycles. The maximum absolute atomic E-state index is 12.9. The standard InChI is InChI=1S/C25H25F3N2O4S/c1-14-13-18(11-12-19(14)34-24(5,6)22(31)30-32)33-23(3,4)20-15(2)29-21(35-20)16-7-9-17(10-8-16)25(26,27)28/h7-13H,1-6H3. The van der Waals surface area contributed by atoms with Gasteiger partial charge in [-0.1, -0.05) is 12.1 Å². The number of rotatable bonds is 7. The third-order valence-electron chi connectivity index (χ3n) is 5.29. The number of aromatic nitrogens is 1. The summed E-state index contributed by atoms with van der Waals surface area (Å²) in [5, 5.41) is 3.04. The van der Waals surface area contributed by atoms with Gasteiger partial charge < -0.3 is 9.47 Å². The maximum atomic E-state index is 12.9. The van der Waals surface area contributed by atoms with Crippen LogP contribution in [-0.2, 0) is 16.6 Å². The third-order valence-corrected chi connectivity index (χ3v) is 6.80. The van der Waals surface area contributed by atoms with Crippen molar-refractivity contribution in [1.82, 2.24) is 4.98 Å². The van der Waals surface area contributed by atoms with Crippen molar-refractivity contribution in [1.29, 1.82) is 0 Å². The van der Waals surface area contributed by atoms with Crippen LogP contribution in [-0.4, -0.2) is 16.5 Å². The van der Waals surface area contributed by atoms with Crippen molar-refractivity contribution < 1.29 is 27.4 Å². The largest absolute Gasteiger partial charge is 0.482 e. The molecular weight excluding hydrogens is 481 g/mol. The van der Waals surface area contributed by atoms with Gasteiger partial charge in [-0.05, 0) is 77.4 Å². The van der Waals surface area contributed by atoms with Gasteiger partial charge in [-0.25, -0.2) is 4.98 Å². The number of aryl methyl sites for hydroxylation is 2. The van der Waals surface area contributed by atoms with Gasteiger partial charge in [0, 0.05) is 10.7 Å². The molecule has 0 fully saturated rings. The lowest BCUT2D eigenvalue weighted by molar-refractivity contribution is -0.137. The highest BCUT2D eigenvalue weighted by molar-refractivity contribution is 7.15. The summed E-state index contributed by atoms with van der Waals surface area (Å²) in [6.45, 7) is 10.3. The summed E-state index contributed by atoms with van der Waals surface area (Å²) < 4.78 is 50.5. The maximum Gasteiger partial charge on any atom is 0.416 e. The Kier molecular flexibility index (Phi) is 7.08. The Balaban J connectivity index is 1.82. The molecule has 0 bridgehead atoms. The molecule has 6 nitrogen and oxygen atoms in total. The smallest absolute Gasteiger partial charge is 0.416 e. The summed E-state index contributed by atoms with van der Waals surface area (Å²) in [4.78, 5) is 27.6. The first-order valence-electron chi connectivity index (χ1n) is 10.7. The highest BCUT2D eigenvalue weighted by Gasteiger charge is 2.33. The predicted octanol–water partition coefficient (Wildman–Crippen LogP) is 7.21. The number of hydrogen-bond acceptors (Lipinski definition) is 6. The SMILES string of the molecule is Cc1cc(OC(C)(C)c2sc(-c3ccc(C(F)(F)F)cc3)nc2C)ccc1OC(C)(C)C(=O)N=O. The Morgan fingerprint density at radius 1 is 0.971 bits per heavy atom. The van der Waals surface area contributed by atoms with Gasteiger partial charge in [-0.2, -0.15) is 13.2 Å². The molecule has 0 spiro atoms. The molecule has 1 amide bonds. The van der Waals surface area contributed by atoms with Crippen LogP contribution in [0.4, 0.5) is 13.2 Å². The number of nitrogens with zero attached hydrogens (tertiary/aromatic N) is 2. The normalized spacial score (nSPS) is 12.4. The number of carbonyl (C=O) groups excluding carboxylic acids is 1. The molecule has 0 aliphatic carbocycles. The molecule has 0 radical (unpaired) electrons. The van der Waals surface area contributed by atoms with Crippen molar-refractivity contribution >= 4 is 17.2 Å². The van der Waals surface area contributed by atoms with E-state index in [-0.39, 0.29) is 0 Å². The molecule has 35 heavy (non-hydrogen) atoms. The van der Waals surface area contributed by atoms with E-state index in [1.54, 1.807) is 25.1 Å². The zero-order valence-electron chi connectivity index (χ0n) is 20.1. The van der Waals surface area contributed by atoms with Crippen molar-refractivity contribution in [3.8, 4) is 22.1 Å². The molecule has 0 saturated heterocycles. The minimum absolute atomic E-state index is 0.413. The van der Waals surface area contributed by atoms with E-state index in [0.29, 0.717) is 33.3 Å². The van der Waals surface area contributed by atoms with Gasteiger partial charge in [0.25, 0.3) is 0 Å². The van der Waals surface area contributed by atoms with Crippen LogP contribution in [0.2, 0.25) is 0 Å².